The summed E-state index contributed by atoms with van der Waals surface area (Å²) in [5.74, 6) is -0.393. The number of para-hydroxylation sites is 1. The summed E-state index contributed by atoms with van der Waals surface area (Å²) in [4.78, 5) is 29.9. The van der Waals surface area contributed by atoms with Gasteiger partial charge in [0.05, 0.1) is 12.4 Å². The van der Waals surface area contributed by atoms with E-state index in [2.05, 4.69) is 15.2 Å². The van der Waals surface area contributed by atoms with Crippen LogP contribution in [0, 0.1) is 6.92 Å². The van der Waals surface area contributed by atoms with E-state index in [0.717, 1.165) is 30.0 Å². The first kappa shape index (κ1) is 20.7. The largest absolute Gasteiger partial charge is 0.465 e. The van der Waals surface area contributed by atoms with E-state index in [0.29, 0.717) is 16.1 Å². The van der Waals surface area contributed by atoms with Crippen molar-refractivity contribution in [2.24, 2.45) is 0 Å². The molecule has 1 atom stereocenters. The van der Waals surface area contributed by atoms with Gasteiger partial charge in [-0.2, -0.15) is 0 Å². The van der Waals surface area contributed by atoms with Crippen LogP contribution >= 0.6 is 23.1 Å². The topological polar surface area (TPSA) is 87.0 Å². The van der Waals surface area contributed by atoms with Gasteiger partial charge in [0, 0.05) is 22.7 Å². The van der Waals surface area contributed by atoms with Crippen LogP contribution < -0.4 is 0 Å². The molecule has 1 saturated carbocycles. The maximum Gasteiger partial charge on any atom is 0.323 e. The molecular formula is C21H22N4O3S2. The standard InChI is InChI=1S/C21H22N4O3S2/c1-3-28-20(27)17(19-22-13(2)11-29-19)16(26)12-30-21-24-23-18(14-9-10-14)25(21)15-7-5-4-6-8-15/h4-8,11,14,17H,3,9-10,12H2,1-2H3. The summed E-state index contributed by atoms with van der Waals surface area (Å²) < 4.78 is 7.16. The number of benzene rings is 1. The minimum Gasteiger partial charge on any atom is -0.465 e. The third-order valence-corrected chi connectivity index (χ3v) is 6.67. The highest BCUT2D eigenvalue weighted by Crippen LogP contribution is 2.41. The van der Waals surface area contributed by atoms with Gasteiger partial charge < -0.3 is 4.74 Å². The van der Waals surface area contributed by atoms with Gasteiger partial charge in [-0.3, -0.25) is 14.2 Å². The molecule has 156 valence electrons. The molecule has 4 rings (SSSR count). The fraction of sp³-hybridized carbons (Fsp3) is 0.381. The quantitative estimate of drug-likeness (QED) is 0.282. The molecule has 1 aliphatic rings. The lowest BCUT2D eigenvalue weighted by molar-refractivity contribution is -0.147. The number of Topliss-reactive ketones (excluding diaryl/α,β-unsaturated/α-hetero) is 1. The van der Waals surface area contributed by atoms with Gasteiger partial charge in [0.15, 0.2) is 16.9 Å². The van der Waals surface area contributed by atoms with Crippen molar-refractivity contribution >= 4 is 34.9 Å². The lowest BCUT2D eigenvalue weighted by Gasteiger charge is -2.13. The molecule has 1 aromatic carbocycles. The second-order valence-electron chi connectivity index (χ2n) is 7.05. The molecule has 3 aromatic rings. The minimum absolute atomic E-state index is 0.0811. The van der Waals surface area contributed by atoms with Gasteiger partial charge in [-0.1, -0.05) is 30.0 Å². The molecule has 0 radical (unpaired) electrons. The Morgan fingerprint density at radius 3 is 2.67 bits per heavy atom. The first-order valence-electron chi connectivity index (χ1n) is 9.83. The van der Waals surface area contributed by atoms with Gasteiger partial charge in [0.2, 0.25) is 0 Å². The number of ketones is 1. The van der Waals surface area contributed by atoms with Gasteiger partial charge in [0.25, 0.3) is 0 Å². The number of esters is 1. The molecule has 2 aromatic heterocycles. The Morgan fingerprint density at radius 1 is 1.27 bits per heavy atom. The monoisotopic (exact) mass is 442 g/mol. The van der Waals surface area contributed by atoms with E-state index in [1.54, 1.807) is 6.92 Å². The molecule has 1 unspecified atom stereocenters. The number of rotatable bonds is 9. The summed E-state index contributed by atoms with van der Waals surface area (Å²) in [6, 6.07) is 9.89. The van der Waals surface area contributed by atoms with Crippen molar-refractivity contribution in [1.82, 2.24) is 19.7 Å². The molecule has 0 aliphatic heterocycles. The number of thiazole rings is 1. The van der Waals surface area contributed by atoms with Crippen LogP contribution in [-0.4, -0.2) is 43.9 Å². The average molecular weight is 443 g/mol. The van der Waals surface area contributed by atoms with Crippen LogP contribution in [0.2, 0.25) is 0 Å². The Labute approximate surface area is 182 Å². The summed E-state index contributed by atoms with van der Waals surface area (Å²) in [5, 5.41) is 11.7. The molecule has 0 bridgehead atoms. The average Bonchev–Trinajstić information content (AvgIpc) is 3.36. The number of aryl methyl sites for hydroxylation is 1. The number of hydrogen-bond acceptors (Lipinski definition) is 8. The number of carbonyl (C=O) groups excluding carboxylic acids is 2. The smallest absolute Gasteiger partial charge is 0.323 e. The van der Waals surface area contributed by atoms with E-state index in [-0.39, 0.29) is 18.1 Å². The molecule has 30 heavy (non-hydrogen) atoms. The van der Waals surface area contributed by atoms with Gasteiger partial charge in [0.1, 0.15) is 10.8 Å². The zero-order valence-corrected chi connectivity index (χ0v) is 18.4. The van der Waals surface area contributed by atoms with E-state index >= 15 is 0 Å². The number of carbonyl (C=O) groups is 2. The molecule has 9 heteroatoms. The minimum atomic E-state index is -1.01. The Hall–Kier alpha value is -2.52. The molecule has 0 amide bonds. The number of ether oxygens (including phenoxy) is 1. The number of thioether (sulfide) groups is 1. The third kappa shape index (κ3) is 4.46. The summed E-state index contributed by atoms with van der Waals surface area (Å²) in [6.07, 6.45) is 2.20. The lowest BCUT2D eigenvalue weighted by Crippen LogP contribution is -2.25. The highest BCUT2D eigenvalue weighted by Gasteiger charge is 2.34. The van der Waals surface area contributed by atoms with E-state index in [1.807, 2.05) is 47.2 Å². The Bertz CT molecular complexity index is 1040. The van der Waals surface area contributed by atoms with Crippen molar-refractivity contribution in [2.75, 3.05) is 12.4 Å². The molecule has 0 spiro atoms. The van der Waals surface area contributed by atoms with Gasteiger partial charge in [-0.25, -0.2) is 4.98 Å². The predicted molar refractivity (Wildman–Crippen MR) is 115 cm³/mol. The highest BCUT2D eigenvalue weighted by atomic mass is 32.2. The van der Waals surface area contributed by atoms with Crippen molar-refractivity contribution < 1.29 is 14.3 Å². The first-order valence-corrected chi connectivity index (χ1v) is 11.7. The first-order chi connectivity index (χ1) is 14.6. The fourth-order valence-corrected chi connectivity index (χ4v) is 4.89. The van der Waals surface area contributed by atoms with Crippen molar-refractivity contribution in [2.45, 2.75) is 43.7 Å². The number of hydrogen-bond donors (Lipinski definition) is 0. The highest BCUT2D eigenvalue weighted by molar-refractivity contribution is 7.99. The van der Waals surface area contributed by atoms with Crippen LogP contribution in [0.3, 0.4) is 0 Å². The summed E-state index contributed by atoms with van der Waals surface area (Å²) in [7, 11) is 0. The molecule has 7 nitrogen and oxygen atoms in total. The van der Waals surface area contributed by atoms with E-state index < -0.39 is 11.9 Å². The van der Waals surface area contributed by atoms with Crippen molar-refractivity contribution in [1.29, 1.82) is 0 Å². The van der Waals surface area contributed by atoms with Crippen LogP contribution in [0.4, 0.5) is 0 Å². The normalized spacial score (nSPS) is 14.5. The van der Waals surface area contributed by atoms with Crippen LogP contribution in [-0.2, 0) is 14.3 Å². The zero-order valence-electron chi connectivity index (χ0n) is 16.8. The number of nitrogens with zero attached hydrogens (tertiary/aromatic N) is 4. The van der Waals surface area contributed by atoms with Crippen molar-refractivity contribution in [3.05, 3.63) is 52.2 Å². The van der Waals surface area contributed by atoms with E-state index in [1.165, 1.54) is 23.1 Å². The maximum atomic E-state index is 13.0. The Morgan fingerprint density at radius 2 is 2.03 bits per heavy atom. The van der Waals surface area contributed by atoms with E-state index in [4.69, 9.17) is 4.74 Å². The summed E-state index contributed by atoms with van der Waals surface area (Å²) in [6.45, 7) is 3.78. The van der Waals surface area contributed by atoms with Gasteiger partial charge >= 0.3 is 5.97 Å². The van der Waals surface area contributed by atoms with E-state index in [9.17, 15) is 9.59 Å². The second kappa shape index (κ2) is 9.09. The lowest BCUT2D eigenvalue weighted by atomic mass is 10.1. The Kier molecular flexibility index (Phi) is 6.29. The second-order valence-corrected chi connectivity index (χ2v) is 8.89. The number of aromatic nitrogens is 4. The summed E-state index contributed by atoms with van der Waals surface area (Å²) >= 11 is 2.59. The molecule has 1 fully saturated rings. The fourth-order valence-electron chi connectivity index (χ4n) is 3.12. The molecule has 0 saturated heterocycles. The predicted octanol–water partition coefficient (Wildman–Crippen LogP) is 3.92. The van der Waals surface area contributed by atoms with Crippen LogP contribution in [0.15, 0.2) is 40.9 Å². The summed E-state index contributed by atoms with van der Waals surface area (Å²) in [5.41, 5.74) is 1.75. The van der Waals surface area contributed by atoms with Crippen molar-refractivity contribution in [3.63, 3.8) is 0 Å². The van der Waals surface area contributed by atoms with Crippen LogP contribution in [0.25, 0.3) is 5.69 Å². The molecular weight excluding hydrogens is 420 g/mol. The zero-order chi connectivity index (χ0) is 21.1. The SMILES string of the molecule is CCOC(=O)C(C(=O)CSc1nnc(C2CC2)n1-c1ccccc1)c1nc(C)cs1. The van der Waals surface area contributed by atoms with Gasteiger partial charge in [-0.05, 0) is 38.8 Å². The Balaban J connectivity index is 1.56. The maximum absolute atomic E-state index is 13.0. The van der Waals surface area contributed by atoms with Crippen molar-refractivity contribution in [3.8, 4) is 5.69 Å². The third-order valence-electron chi connectivity index (χ3n) is 4.69. The van der Waals surface area contributed by atoms with Crippen LogP contribution in [0.5, 0.6) is 0 Å². The molecule has 2 heterocycles. The van der Waals surface area contributed by atoms with Crippen LogP contribution in [0.1, 0.15) is 48.1 Å². The van der Waals surface area contributed by atoms with Gasteiger partial charge in [-0.15, -0.1) is 21.5 Å². The molecule has 1 aliphatic carbocycles. The molecule has 0 N–H and O–H groups in total.